The molecule has 1 saturated heterocycles. The summed E-state index contributed by atoms with van der Waals surface area (Å²) in [5.41, 5.74) is 5.71. The highest BCUT2D eigenvalue weighted by Crippen LogP contribution is 2.47. The van der Waals surface area contributed by atoms with E-state index in [2.05, 4.69) is 11.0 Å². The Labute approximate surface area is 169 Å². The van der Waals surface area contributed by atoms with E-state index in [9.17, 15) is 14.4 Å². The van der Waals surface area contributed by atoms with Gasteiger partial charge in [-0.3, -0.25) is 4.79 Å². The SMILES string of the molecule is N#Cc1c(N2CCCCC2)cc(-c2ccc(F)cc2)c2c1C(=O)c1ccccc1-2. The molecule has 29 heavy (non-hydrogen) atoms. The Hall–Kier alpha value is -3.45. The Morgan fingerprint density at radius 1 is 0.862 bits per heavy atom. The van der Waals surface area contributed by atoms with E-state index in [1.54, 1.807) is 12.1 Å². The summed E-state index contributed by atoms with van der Waals surface area (Å²) in [5, 5.41) is 10.0. The monoisotopic (exact) mass is 382 g/mol. The van der Waals surface area contributed by atoms with Crippen LogP contribution in [0.5, 0.6) is 0 Å². The number of fused-ring (bicyclic) bond motifs is 3. The van der Waals surface area contributed by atoms with Crippen LogP contribution in [0.1, 0.15) is 40.7 Å². The minimum Gasteiger partial charge on any atom is -0.370 e. The summed E-state index contributed by atoms with van der Waals surface area (Å²) in [5.74, 6) is -0.402. The van der Waals surface area contributed by atoms with Crippen LogP contribution in [0, 0.1) is 17.1 Å². The molecule has 0 saturated carbocycles. The van der Waals surface area contributed by atoms with Crippen molar-refractivity contribution in [1.82, 2.24) is 0 Å². The van der Waals surface area contributed by atoms with Crippen LogP contribution < -0.4 is 4.90 Å². The van der Waals surface area contributed by atoms with Gasteiger partial charge in [-0.2, -0.15) is 5.26 Å². The van der Waals surface area contributed by atoms with Gasteiger partial charge in [-0.05, 0) is 54.2 Å². The van der Waals surface area contributed by atoms with Crippen molar-refractivity contribution in [3.63, 3.8) is 0 Å². The number of nitriles is 1. The van der Waals surface area contributed by atoms with E-state index in [0.717, 1.165) is 53.9 Å². The van der Waals surface area contributed by atoms with E-state index in [4.69, 9.17) is 0 Å². The van der Waals surface area contributed by atoms with Gasteiger partial charge in [0.25, 0.3) is 0 Å². The van der Waals surface area contributed by atoms with Gasteiger partial charge in [0, 0.05) is 24.2 Å². The van der Waals surface area contributed by atoms with Crippen molar-refractivity contribution in [3.8, 4) is 28.3 Å². The number of benzene rings is 3. The Morgan fingerprint density at radius 3 is 2.24 bits per heavy atom. The predicted octanol–water partition coefficient (Wildman–Crippen LogP) is 5.57. The molecule has 4 heteroatoms. The predicted molar refractivity (Wildman–Crippen MR) is 111 cm³/mol. The van der Waals surface area contributed by atoms with E-state index in [-0.39, 0.29) is 11.6 Å². The second kappa shape index (κ2) is 6.86. The normalized spacial score (nSPS) is 15.0. The van der Waals surface area contributed by atoms with Crippen LogP contribution in [-0.4, -0.2) is 18.9 Å². The van der Waals surface area contributed by atoms with Gasteiger partial charge >= 0.3 is 0 Å². The van der Waals surface area contributed by atoms with Gasteiger partial charge in [0.1, 0.15) is 11.9 Å². The van der Waals surface area contributed by atoms with Gasteiger partial charge in [0.2, 0.25) is 0 Å². The zero-order valence-corrected chi connectivity index (χ0v) is 15.9. The minimum atomic E-state index is -0.299. The number of ketones is 1. The van der Waals surface area contributed by atoms with E-state index in [1.165, 1.54) is 18.6 Å². The topological polar surface area (TPSA) is 44.1 Å². The molecular weight excluding hydrogens is 363 g/mol. The summed E-state index contributed by atoms with van der Waals surface area (Å²) < 4.78 is 13.6. The molecule has 3 nitrogen and oxygen atoms in total. The maximum absolute atomic E-state index is 13.6. The highest BCUT2D eigenvalue weighted by molar-refractivity contribution is 6.25. The fourth-order valence-electron chi connectivity index (χ4n) is 4.56. The highest BCUT2D eigenvalue weighted by Gasteiger charge is 2.34. The van der Waals surface area contributed by atoms with Crippen molar-refractivity contribution >= 4 is 11.5 Å². The number of carbonyl (C=O) groups is 1. The molecule has 5 rings (SSSR count). The average Bonchev–Trinajstić information content (AvgIpc) is 3.07. The van der Waals surface area contributed by atoms with Crippen molar-refractivity contribution in [1.29, 1.82) is 5.26 Å². The zero-order valence-electron chi connectivity index (χ0n) is 15.9. The summed E-state index contributed by atoms with van der Waals surface area (Å²) in [6.45, 7) is 1.74. The standard InChI is InChI=1S/C25H19FN2O/c26-17-10-8-16(9-11-17)20-14-22(28-12-4-1-5-13-28)21(15-27)24-23(20)18-6-2-3-7-19(18)25(24)29/h2-3,6-11,14H,1,4-5,12-13H2. The van der Waals surface area contributed by atoms with Crippen molar-refractivity contribution in [2.75, 3.05) is 18.0 Å². The van der Waals surface area contributed by atoms with Crippen LogP contribution in [0.2, 0.25) is 0 Å². The Morgan fingerprint density at radius 2 is 1.55 bits per heavy atom. The molecule has 0 N–H and O–H groups in total. The summed E-state index contributed by atoms with van der Waals surface area (Å²) in [4.78, 5) is 15.5. The van der Waals surface area contributed by atoms with Crippen molar-refractivity contribution in [3.05, 3.63) is 77.1 Å². The first-order chi connectivity index (χ1) is 14.2. The fraction of sp³-hybridized carbons (Fsp3) is 0.200. The largest absolute Gasteiger partial charge is 0.370 e. The van der Waals surface area contributed by atoms with E-state index in [1.807, 2.05) is 30.3 Å². The van der Waals surface area contributed by atoms with Gasteiger partial charge in [-0.1, -0.05) is 36.4 Å². The number of anilines is 1. The number of hydrogen-bond donors (Lipinski definition) is 0. The lowest BCUT2D eigenvalue weighted by Gasteiger charge is -2.31. The second-order valence-electron chi connectivity index (χ2n) is 7.61. The maximum Gasteiger partial charge on any atom is 0.195 e. The molecule has 2 aliphatic rings. The van der Waals surface area contributed by atoms with Gasteiger partial charge < -0.3 is 4.90 Å². The smallest absolute Gasteiger partial charge is 0.195 e. The van der Waals surface area contributed by atoms with Crippen molar-refractivity contribution in [2.24, 2.45) is 0 Å². The lowest BCUT2D eigenvalue weighted by atomic mass is 9.89. The summed E-state index contributed by atoms with van der Waals surface area (Å²) in [6.07, 6.45) is 3.32. The third-order valence-electron chi connectivity index (χ3n) is 5.94. The molecule has 0 spiro atoms. The first-order valence-corrected chi connectivity index (χ1v) is 9.95. The molecule has 1 heterocycles. The Kier molecular flexibility index (Phi) is 4.17. The molecule has 142 valence electrons. The Bertz CT molecular complexity index is 1170. The average molecular weight is 382 g/mol. The summed E-state index contributed by atoms with van der Waals surface area (Å²) in [6, 6.07) is 18.2. The molecule has 0 atom stereocenters. The van der Waals surface area contributed by atoms with E-state index >= 15 is 0 Å². The van der Waals surface area contributed by atoms with Gasteiger partial charge in [-0.15, -0.1) is 0 Å². The fourth-order valence-corrected chi connectivity index (χ4v) is 4.56. The lowest BCUT2D eigenvalue weighted by Crippen LogP contribution is -2.30. The second-order valence-corrected chi connectivity index (χ2v) is 7.61. The number of hydrogen-bond acceptors (Lipinski definition) is 3. The molecule has 1 aliphatic carbocycles. The van der Waals surface area contributed by atoms with E-state index < -0.39 is 0 Å². The molecule has 0 amide bonds. The number of halogens is 1. The molecule has 0 radical (unpaired) electrons. The number of rotatable bonds is 2. The summed E-state index contributed by atoms with van der Waals surface area (Å²) in [7, 11) is 0. The van der Waals surface area contributed by atoms with Crippen LogP contribution >= 0.6 is 0 Å². The van der Waals surface area contributed by atoms with Gasteiger partial charge in [-0.25, -0.2) is 4.39 Å². The number of nitrogens with zero attached hydrogens (tertiary/aromatic N) is 2. The molecule has 0 bridgehead atoms. The number of piperidine rings is 1. The first kappa shape index (κ1) is 17.6. The molecular formula is C25H19FN2O. The lowest BCUT2D eigenvalue weighted by molar-refractivity contribution is 0.104. The third-order valence-corrected chi connectivity index (χ3v) is 5.94. The quantitative estimate of drug-likeness (QED) is 0.455. The van der Waals surface area contributed by atoms with Gasteiger partial charge in [0.05, 0.1) is 16.8 Å². The molecule has 0 unspecified atom stereocenters. The van der Waals surface area contributed by atoms with Crippen molar-refractivity contribution in [2.45, 2.75) is 19.3 Å². The van der Waals surface area contributed by atoms with Crippen LogP contribution in [0.15, 0.2) is 54.6 Å². The van der Waals surface area contributed by atoms with Crippen LogP contribution in [0.3, 0.4) is 0 Å². The summed E-state index contributed by atoms with van der Waals surface area (Å²) >= 11 is 0. The molecule has 1 aliphatic heterocycles. The van der Waals surface area contributed by atoms with E-state index in [0.29, 0.717) is 16.7 Å². The van der Waals surface area contributed by atoms with Crippen LogP contribution in [0.25, 0.3) is 22.3 Å². The third kappa shape index (κ3) is 2.74. The maximum atomic E-state index is 13.6. The Balaban J connectivity index is 1.84. The van der Waals surface area contributed by atoms with Crippen LogP contribution in [0.4, 0.5) is 10.1 Å². The van der Waals surface area contributed by atoms with Crippen LogP contribution in [-0.2, 0) is 0 Å². The molecule has 3 aromatic rings. The molecule has 1 fully saturated rings. The molecule has 3 aromatic carbocycles. The highest BCUT2D eigenvalue weighted by atomic mass is 19.1. The minimum absolute atomic E-state index is 0.102. The molecule has 0 aromatic heterocycles. The van der Waals surface area contributed by atoms with Crippen molar-refractivity contribution < 1.29 is 9.18 Å². The first-order valence-electron chi connectivity index (χ1n) is 9.95. The number of carbonyl (C=O) groups excluding carboxylic acids is 1. The van der Waals surface area contributed by atoms with Gasteiger partial charge in [0.15, 0.2) is 5.78 Å². The zero-order chi connectivity index (χ0) is 20.0.